The number of benzene rings is 1. The molecule has 4 atom stereocenters. The first-order chi connectivity index (χ1) is 20.4. The number of hydrogen-bond acceptors (Lipinski definition) is 9. The van der Waals surface area contributed by atoms with E-state index in [0.717, 1.165) is 38.2 Å². The van der Waals surface area contributed by atoms with Crippen molar-refractivity contribution >= 4 is 17.5 Å². The Kier molecular flexibility index (Phi) is 7.91. The molecule has 13 heteroatoms. The number of carbonyl (C=O) groups is 3. The first kappa shape index (κ1) is 32.0. The van der Waals surface area contributed by atoms with Gasteiger partial charge < -0.3 is 31.5 Å². The van der Waals surface area contributed by atoms with E-state index >= 15 is 0 Å². The number of aliphatic hydroxyl groups is 3. The van der Waals surface area contributed by atoms with E-state index in [4.69, 9.17) is 5.73 Å². The number of nitrogens with zero attached hydrogens (tertiary/aromatic N) is 1. The number of carbonyl (C=O) groups excluding carboxylic acids is 3. The van der Waals surface area contributed by atoms with Gasteiger partial charge in [0.25, 0.3) is 5.91 Å². The lowest BCUT2D eigenvalue weighted by molar-refractivity contribution is -0.148. The van der Waals surface area contributed by atoms with Gasteiger partial charge in [-0.25, -0.2) is 0 Å². The maximum atomic E-state index is 14.7. The minimum Gasteiger partial charge on any atom is -0.510 e. The van der Waals surface area contributed by atoms with Crippen molar-refractivity contribution in [3.05, 3.63) is 51.0 Å². The van der Waals surface area contributed by atoms with E-state index in [-0.39, 0.29) is 23.9 Å². The zero-order valence-electron chi connectivity index (χ0n) is 24.8. The van der Waals surface area contributed by atoms with Gasteiger partial charge in [0, 0.05) is 24.6 Å². The van der Waals surface area contributed by atoms with Crippen molar-refractivity contribution in [2.45, 2.75) is 76.2 Å². The molecule has 1 aromatic carbocycles. The SMILES string of the molecule is CN(C)[C@@H]1C(O)=C(C(N)=O)C(=O)[C@@]2(O)C(O)=C3C(=O)c4c(O)cc(CNCC5(C)CCCCC5)c(C(F)(F)F)c4C[C@H]3C[C@@H]12. The maximum absolute atomic E-state index is 14.7. The minimum atomic E-state index is -4.90. The van der Waals surface area contributed by atoms with Crippen molar-refractivity contribution in [1.82, 2.24) is 10.2 Å². The number of phenolic OH excluding ortho intramolecular Hbond substituents is 1. The molecule has 5 rings (SSSR count). The highest BCUT2D eigenvalue weighted by atomic mass is 19.4. The summed E-state index contributed by atoms with van der Waals surface area (Å²) in [5.41, 5.74) is -1.46. The number of halogens is 3. The smallest absolute Gasteiger partial charge is 0.417 e. The van der Waals surface area contributed by atoms with Gasteiger partial charge in [0.1, 0.15) is 22.8 Å². The molecule has 44 heavy (non-hydrogen) atoms. The molecule has 4 aliphatic rings. The quantitative estimate of drug-likeness (QED) is 0.261. The number of nitrogens with one attached hydrogen (secondary N) is 1. The fourth-order valence-electron chi connectivity index (χ4n) is 7.96. The minimum absolute atomic E-state index is 0.0617. The van der Waals surface area contributed by atoms with E-state index in [2.05, 4.69) is 12.2 Å². The Morgan fingerprint density at radius 3 is 2.34 bits per heavy atom. The molecule has 240 valence electrons. The van der Waals surface area contributed by atoms with Crippen molar-refractivity contribution < 1.29 is 48.0 Å². The highest BCUT2D eigenvalue weighted by Crippen LogP contribution is 2.54. The number of alkyl halides is 3. The van der Waals surface area contributed by atoms with Gasteiger partial charge in [0.15, 0.2) is 11.4 Å². The lowest BCUT2D eigenvalue weighted by atomic mass is 9.58. The van der Waals surface area contributed by atoms with Gasteiger partial charge in [-0.3, -0.25) is 19.3 Å². The topological polar surface area (TPSA) is 173 Å². The summed E-state index contributed by atoms with van der Waals surface area (Å²) in [6.45, 7) is 2.37. The summed E-state index contributed by atoms with van der Waals surface area (Å²) in [5.74, 6) is -8.98. The third-order valence-electron chi connectivity index (χ3n) is 10.0. The molecular weight excluding hydrogens is 583 g/mol. The molecule has 0 heterocycles. The highest BCUT2D eigenvalue weighted by molar-refractivity contribution is 6.24. The van der Waals surface area contributed by atoms with Crippen LogP contribution in [0.4, 0.5) is 13.2 Å². The van der Waals surface area contributed by atoms with Crippen LogP contribution in [0.25, 0.3) is 0 Å². The predicted octanol–water partition coefficient (Wildman–Crippen LogP) is 3.20. The van der Waals surface area contributed by atoms with Crippen LogP contribution in [0.3, 0.4) is 0 Å². The van der Waals surface area contributed by atoms with Crippen LogP contribution in [0, 0.1) is 17.3 Å². The van der Waals surface area contributed by atoms with Crippen LogP contribution in [0.5, 0.6) is 5.75 Å². The number of Topliss-reactive ketones (excluding diaryl/α,β-unsaturated/α-hetero) is 2. The number of ketones is 2. The van der Waals surface area contributed by atoms with Crippen molar-refractivity contribution in [3.63, 3.8) is 0 Å². The predicted molar refractivity (Wildman–Crippen MR) is 152 cm³/mol. The standard InChI is InChI=1S/C31H38F3N3O7/c1-29(7-5-4-6-8-29)13-36-12-15-11-18(38)20-16(22(15)31(32,33)34)9-14-10-17-23(37(2)3)25(40)21(28(35)43)27(42)30(17,44)26(41)19(14)24(20)39/h11,14,17,23,36,38,40-41,44H,4-10,12-13H2,1-3H3,(H2,35,43)/t14-,17-,23-,30-/m0/s1. The first-order valence-corrected chi connectivity index (χ1v) is 14.7. The molecule has 0 radical (unpaired) electrons. The van der Waals surface area contributed by atoms with E-state index in [0.29, 0.717) is 6.54 Å². The number of amides is 1. The molecule has 7 N–H and O–H groups in total. The molecule has 1 fully saturated rings. The first-order valence-electron chi connectivity index (χ1n) is 14.7. The van der Waals surface area contributed by atoms with E-state index in [1.54, 1.807) is 0 Å². The van der Waals surface area contributed by atoms with Crippen molar-refractivity contribution in [2.24, 2.45) is 23.0 Å². The molecular formula is C31H38F3N3O7. The van der Waals surface area contributed by atoms with E-state index in [1.807, 2.05) is 0 Å². The Morgan fingerprint density at radius 1 is 1.14 bits per heavy atom. The van der Waals surface area contributed by atoms with Gasteiger partial charge in [-0.05, 0) is 68.3 Å². The highest BCUT2D eigenvalue weighted by Gasteiger charge is 2.63. The fraction of sp³-hybridized carbons (Fsp3) is 0.581. The number of hydrogen-bond donors (Lipinski definition) is 6. The average molecular weight is 622 g/mol. The van der Waals surface area contributed by atoms with Gasteiger partial charge >= 0.3 is 6.18 Å². The number of nitrogens with two attached hydrogens (primary N) is 1. The molecule has 0 aromatic heterocycles. The number of aromatic hydroxyl groups is 1. The van der Waals surface area contributed by atoms with Gasteiger partial charge in [0.05, 0.1) is 17.2 Å². The van der Waals surface area contributed by atoms with Crippen molar-refractivity contribution in [2.75, 3.05) is 20.6 Å². The molecule has 0 spiro atoms. The molecule has 1 amide bonds. The molecule has 0 aliphatic heterocycles. The summed E-state index contributed by atoms with van der Waals surface area (Å²) in [5, 5.41) is 47.9. The van der Waals surface area contributed by atoms with E-state index in [1.165, 1.54) is 19.0 Å². The second-order valence-corrected chi connectivity index (χ2v) is 13.2. The largest absolute Gasteiger partial charge is 0.510 e. The van der Waals surface area contributed by atoms with Crippen LogP contribution >= 0.6 is 0 Å². The van der Waals surface area contributed by atoms with Crippen LogP contribution in [0.15, 0.2) is 28.7 Å². The zero-order valence-corrected chi connectivity index (χ0v) is 24.8. The summed E-state index contributed by atoms with van der Waals surface area (Å²) in [4.78, 5) is 40.7. The summed E-state index contributed by atoms with van der Waals surface area (Å²) < 4.78 is 44.1. The van der Waals surface area contributed by atoms with E-state index < -0.39 is 98.7 Å². The Hall–Kier alpha value is -3.42. The molecule has 0 saturated heterocycles. The second-order valence-electron chi connectivity index (χ2n) is 13.2. The Morgan fingerprint density at radius 2 is 1.77 bits per heavy atom. The molecule has 1 aromatic rings. The summed E-state index contributed by atoms with van der Waals surface area (Å²) >= 11 is 0. The third-order valence-corrected chi connectivity index (χ3v) is 10.0. The van der Waals surface area contributed by atoms with Gasteiger partial charge in [-0.2, -0.15) is 13.2 Å². The normalized spacial score (nSPS) is 28.6. The number of likely N-dealkylation sites (N-methyl/N-ethyl adjacent to an activating group) is 1. The molecule has 10 nitrogen and oxygen atoms in total. The van der Waals surface area contributed by atoms with Crippen LogP contribution in [0.1, 0.15) is 72.5 Å². The van der Waals surface area contributed by atoms with Crippen LogP contribution in [-0.4, -0.2) is 75.1 Å². The van der Waals surface area contributed by atoms with Gasteiger partial charge in [-0.1, -0.05) is 26.2 Å². The van der Waals surface area contributed by atoms with Crippen molar-refractivity contribution in [1.29, 1.82) is 0 Å². The van der Waals surface area contributed by atoms with Gasteiger partial charge in [-0.15, -0.1) is 0 Å². The Labute approximate surface area is 252 Å². The summed E-state index contributed by atoms with van der Waals surface area (Å²) in [7, 11) is 2.94. The van der Waals surface area contributed by atoms with Crippen LogP contribution < -0.4 is 11.1 Å². The number of allylic oxidation sites excluding steroid dienone is 1. The van der Waals surface area contributed by atoms with Crippen LogP contribution in [-0.2, 0) is 28.7 Å². The number of primary amides is 1. The maximum Gasteiger partial charge on any atom is 0.417 e. The Bertz CT molecular complexity index is 1490. The fourth-order valence-corrected chi connectivity index (χ4v) is 7.96. The molecule has 4 aliphatic carbocycles. The van der Waals surface area contributed by atoms with Crippen LogP contribution in [0.2, 0.25) is 0 Å². The number of aliphatic hydroxyl groups excluding tert-OH is 2. The Balaban J connectivity index is 1.60. The summed E-state index contributed by atoms with van der Waals surface area (Å²) in [6, 6.07) is -0.346. The average Bonchev–Trinajstić information content (AvgIpc) is 2.89. The number of phenols is 1. The molecule has 1 saturated carbocycles. The van der Waals surface area contributed by atoms with E-state index in [9.17, 15) is 48.0 Å². The molecule has 0 unspecified atom stereocenters. The monoisotopic (exact) mass is 621 g/mol. The number of rotatable bonds is 6. The second kappa shape index (κ2) is 10.9. The van der Waals surface area contributed by atoms with Gasteiger partial charge in [0.2, 0.25) is 5.78 Å². The lowest BCUT2D eigenvalue weighted by Gasteiger charge is -2.50. The lowest BCUT2D eigenvalue weighted by Crippen LogP contribution is -2.63. The number of fused-ring (bicyclic) bond motifs is 3. The zero-order chi connectivity index (χ0) is 32.5. The summed E-state index contributed by atoms with van der Waals surface area (Å²) in [6.07, 6.45) is -0.521. The third kappa shape index (κ3) is 4.89. The van der Waals surface area contributed by atoms with Crippen molar-refractivity contribution in [3.8, 4) is 5.75 Å². The molecule has 0 bridgehead atoms.